The van der Waals surface area contributed by atoms with Crippen molar-refractivity contribution in [1.29, 1.82) is 0 Å². The molecule has 230 valence electrons. The summed E-state index contributed by atoms with van der Waals surface area (Å²) in [7, 11) is 0. The third-order valence-electron chi connectivity index (χ3n) is 8.87. The van der Waals surface area contributed by atoms with Crippen molar-refractivity contribution >= 4 is 16.4 Å². The first kappa shape index (κ1) is 28.5. The average molecular weight is 628 g/mol. The number of fused-ring (bicyclic) bond motifs is 2. The predicted molar refractivity (Wildman–Crippen MR) is 199 cm³/mol. The molecule has 0 saturated heterocycles. The van der Waals surface area contributed by atoms with Crippen LogP contribution in [0, 0.1) is 0 Å². The number of aromatic nitrogens is 5. The summed E-state index contributed by atoms with van der Waals surface area (Å²) in [5.41, 5.74) is 12.0. The Morgan fingerprint density at radius 1 is 0.367 bits per heavy atom. The van der Waals surface area contributed by atoms with Crippen LogP contribution in [0.1, 0.15) is 0 Å². The van der Waals surface area contributed by atoms with Crippen LogP contribution in [0.25, 0.3) is 84.1 Å². The second-order valence-corrected chi connectivity index (χ2v) is 11.9. The zero-order chi connectivity index (χ0) is 32.6. The molecule has 0 aliphatic carbocycles. The number of benzene rings is 5. The smallest absolute Gasteiger partial charge is 0.138 e. The van der Waals surface area contributed by atoms with E-state index < -0.39 is 0 Å². The molecule has 0 aliphatic heterocycles. The quantitative estimate of drug-likeness (QED) is 0.184. The lowest BCUT2D eigenvalue weighted by atomic mass is 9.98. The summed E-state index contributed by atoms with van der Waals surface area (Å²) in [6.07, 6.45) is 3.98. The van der Waals surface area contributed by atoms with Gasteiger partial charge in [0, 0.05) is 45.6 Å². The molecule has 4 heterocycles. The molecule has 0 saturated carbocycles. The van der Waals surface area contributed by atoms with Crippen molar-refractivity contribution in [1.82, 2.24) is 24.3 Å². The Balaban J connectivity index is 1.23. The molecule has 0 spiro atoms. The summed E-state index contributed by atoms with van der Waals surface area (Å²) in [4.78, 5) is 20.7. The van der Waals surface area contributed by atoms with E-state index in [0.717, 1.165) is 84.1 Å². The van der Waals surface area contributed by atoms with Crippen LogP contribution in [0.2, 0.25) is 0 Å². The minimum Gasteiger partial charge on any atom is -0.299 e. The fraction of sp³-hybridized carbons (Fsp3) is 0. The van der Waals surface area contributed by atoms with E-state index in [-0.39, 0.29) is 0 Å². The van der Waals surface area contributed by atoms with Gasteiger partial charge in [0.15, 0.2) is 0 Å². The number of imidazole rings is 1. The van der Waals surface area contributed by atoms with Crippen molar-refractivity contribution in [3.05, 3.63) is 176 Å². The van der Waals surface area contributed by atoms with Gasteiger partial charge in [-0.3, -0.25) is 9.38 Å². The maximum atomic E-state index is 5.41. The lowest BCUT2D eigenvalue weighted by molar-refractivity contribution is 1.19. The maximum absolute atomic E-state index is 5.41. The first-order chi connectivity index (χ1) is 24.3. The van der Waals surface area contributed by atoms with Gasteiger partial charge >= 0.3 is 0 Å². The number of pyridine rings is 2. The van der Waals surface area contributed by atoms with Gasteiger partial charge in [-0.05, 0) is 23.6 Å². The molecule has 0 N–H and O–H groups in total. The first-order valence-corrected chi connectivity index (χ1v) is 16.3. The van der Waals surface area contributed by atoms with Crippen LogP contribution in [0.15, 0.2) is 176 Å². The van der Waals surface area contributed by atoms with E-state index in [1.54, 1.807) is 0 Å². The highest BCUT2D eigenvalue weighted by Gasteiger charge is 2.21. The molecule has 49 heavy (non-hydrogen) atoms. The van der Waals surface area contributed by atoms with Gasteiger partial charge < -0.3 is 0 Å². The molecule has 9 aromatic rings. The largest absolute Gasteiger partial charge is 0.299 e. The van der Waals surface area contributed by atoms with Crippen molar-refractivity contribution in [3.63, 3.8) is 0 Å². The molecule has 5 aromatic carbocycles. The van der Waals surface area contributed by atoms with Crippen LogP contribution in [-0.2, 0) is 0 Å². The molecule has 0 aliphatic rings. The molecular weight excluding hydrogens is 599 g/mol. The minimum atomic E-state index is 0.825. The molecule has 9 rings (SSSR count). The third kappa shape index (κ3) is 5.24. The van der Waals surface area contributed by atoms with Gasteiger partial charge in [-0.15, -0.1) is 0 Å². The Bertz CT molecular complexity index is 2580. The average Bonchev–Trinajstić information content (AvgIpc) is 3.58. The molecule has 0 atom stereocenters. The van der Waals surface area contributed by atoms with Crippen molar-refractivity contribution in [2.45, 2.75) is 0 Å². The lowest BCUT2D eigenvalue weighted by Gasteiger charge is -2.16. The summed E-state index contributed by atoms with van der Waals surface area (Å²) >= 11 is 0. The van der Waals surface area contributed by atoms with Gasteiger partial charge in [0.1, 0.15) is 11.3 Å². The molecule has 4 aromatic heterocycles. The molecule has 0 bridgehead atoms. The van der Waals surface area contributed by atoms with Gasteiger partial charge in [-0.2, -0.15) is 0 Å². The van der Waals surface area contributed by atoms with E-state index in [1.807, 2.05) is 85.1 Å². The van der Waals surface area contributed by atoms with Crippen LogP contribution in [0.5, 0.6) is 0 Å². The molecular formula is C44H29N5. The number of hydrogen-bond donors (Lipinski definition) is 0. The zero-order valence-corrected chi connectivity index (χ0v) is 26.5. The maximum Gasteiger partial charge on any atom is 0.138 e. The number of nitrogens with zero attached hydrogens (tertiary/aromatic N) is 5. The third-order valence-corrected chi connectivity index (χ3v) is 8.87. The Kier molecular flexibility index (Phi) is 7.06. The van der Waals surface area contributed by atoms with Crippen molar-refractivity contribution in [2.75, 3.05) is 0 Å². The van der Waals surface area contributed by atoms with Crippen molar-refractivity contribution in [2.24, 2.45) is 0 Å². The fourth-order valence-electron chi connectivity index (χ4n) is 6.48. The second-order valence-electron chi connectivity index (χ2n) is 11.9. The summed E-state index contributed by atoms with van der Waals surface area (Å²) in [6, 6.07) is 56.0. The van der Waals surface area contributed by atoms with Crippen LogP contribution in [0.4, 0.5) is 0 Å². The monoisotopic (exact) mass is 627 g/mol. The molecule has 0 amide bonds. The van der Waals surface area contributed by atoms with Gasteiger partial charge in [-0.1, -0.05) is 146 Å². The first-order valence-electron chi connectivity index (χ1n) is 16.3. The van der Waals surface area contributed by atoms with Crippen LogP contribution < -0.4 is 0 Å². The van der Waals surface area contributed by atoms with Crippen molar-refractivity contribution in [3.8, 4) is 67.7 Å². The van der Waals surface area contributed by atoms with Crippen LogP contribution >= 0.6 is 0 Å². The summed E-state index contributed by atoms with van der Waals surface area (Å²) in [5, 5.41) is 2.23. The molecule has 5 nitrogen and oxygen atoms in total. The van der Waals surface area contributed by atoms with Gasteiger partial charge in [0.25, 0.3) is 0 Å². The normalized spacial score (nSPS) is 11.3. The van der Waals surface area contributed by atoms with Crippen LogP contribution in [0.3, 0.4) is 0 Å². The van der Waals surface area contributed by atoms with E-state index >= 15 is 0 Å². The van der Waals surface area contributed by atoms with Crippen molar-refractivity contribution < 1.29 is 0 Å². The molecule has 5 heteroatoms. The Hall–Kier alpha value is -6.72. The van der Waals surface area contributed by atoms with E-state index in [1.165, 1.54) is 0 Å². The zero-order valence-electron chi connectivity index (χ0n) is 26.5. The Morgan fingerprint density at radius 3 is 1.41 bits per heavy atom. The molecule has 0 fully saturated rings. The SMILES string of the molecule is c1ccc(-c2nc(-c3ccccc3)c(-c3ccc(-c4c(-c5cc6ccccc6cn5)nc5ccccn45)cc3)nc2-c2ccccc2)cc1. The highest BCUT2D eigenvalue weighted by Crippen LogP contribution is 2.39. The van der Waals surface area contributed by atoms with E-state index in [2.05, 4.69) is 95.5 Å². The highest BCUT2D eigenvalue weighted by atomic mass is 15.0. The number of rotatable bonds is 6. The summed E-state index contributed by atoms with van der Waals surface area (Å²) in [5.74, 6) is 0. The minimum absolute atomic E-state index is 0.825. The van der Waals surface area contributed by atoms with E-state index in [0.29, 0.717) is 0 Å². The molecule has 0 unspecified atom stereocenters. The Labute approximate surface area is 283 Å². The van der Waals surface area contributed by atoms with E-state index in [4.69, 9.17) is 19.9 Å². The fourth-order valence-corrected chi connectivity index (χ4v) is 6.48. The summed E-state index contributed by atoms with van der Waals surface area (Å²) < 4.78 is 2.14. The highest BCUT2D eigenvalue weighted by molar-refractivity contribution is 5.90. The predicted octanol–water partition coefficient (Wildman–Crippen LogP) is 10.7. The standard InChI is InChI=1S/C44H29N5/c1-4-14-30(15-5-1)39-40(31-16-6-2-7-17-31)48-42(41(47-39)32-18-8-3-9-19-32)33-23-25-34(26-24-33)44-43(46-38-22-12-13-27-49(38)44)37-28-35-20-10-11-21-36(35)29-45-37/h1-29H. The lowest BCUT2D eigenvalue weighted by Crippen LogP contribution is -2.01. The topological polar surface area (TPSA) is 56.0 Å². The summed E-state index contributed by atoms with van der Waals surface area (Å²) in [6.45, 7) is 0. The van der Waals surface area contributed by atoms with Gasteiger partial charge in [-0.25, -0.2) is 15.0 Å². The van der Waals surface area contributed by atoms with Gasteiger partial charge in [0.2, 0.25) is 0 Å². The van der Waals surface area contributed by atoms with E-state index in [9.17, 15) is 0 Å². The Morgan fingerprint density at radius 2 is 0.837 bits per heavy atom. The van der Waals surface area contributed by atoms with Crippen LogP contribution in [-0.4, -0.2) is 24.3 Å². The molecule has 0 radical (unpaired) electrons. The number of hydrogen-bond acceptors (Lipinski definition) is 4. The van der Waals surface area contributed by atoms with Gasteiger partial charge in [0.05, 0.1) is 34.2 Å². The second kappa shape index (κ2) is 12.1.